The summed E-state index contributed by atoms with van der Waals surface area (Å²) >= 11 is 0. The fraction of sp³-hybridized carbons (Fsp3) is 0.227. The number of rotatable bonds is 7. The Bertz CT molecular complexity index is 1020. The molecule has 8 nitrogen and oxygen atoms in total. The normalized spacial score (nSPS) is 11.9. The van der Waals surface area contributed by atoms with Crippen LogP contribution in [0.4, 0.5) is 0 Å². The number of aromatic hydroxyl groups is 2. The first-order valence-electron chi connectivity index (χ1n) is 9.33. The van der Waals surface area contributed by atoms with Crippen LogP contribution in [0.15, 0.2) is 54.6 Å². The van der Waals surface area contributed by atoms with E-state index in [1.807, 2.05) is 61.5 Å². The summed E-state index contributed by atoms with van der Waals surface area (Å²) < 4.78 is 5.18. The molecule has 0 spiro atoms. The molecule has 1 amide bonds. The monoisotopic (exact) mass is 408 g/mol. The third-order valence-electron chi connectivity index (χ3n) is 4.56. The maximum absolute atomic E-state index is 12.7. The number of aromatic nitrogens is 2. The highest BCUT2D eigenvalue weighted by Gasteiger charge is 2.26. The van der Waals surface area contributed by atoms with Gasteiger partial charge in [0.2, 0.25) is 5.75 Å². The number of nitrogens with zero attached hydrogens (tertiary/aromatic N) is 3. The molecule has 0 aliphatic rings. The Morgan fingerprint density at radius 1 is 1.10 bits per heavy atom. The number of carbonyl (C=O) groups excluding carboxylic acids is 1. The molecule has 30 heavy (non-hydrogen) atoms. The second-order valence-electron chi connectivity index (χ2n) is 6.91. The molecule has 8 heteroatoms. The third-order valence-corrected chi connectivity index (χ3v) is 4.56. The van der Waals surface area contributed by atoms with Crippen LogP contribution in [0.2, 0.25) is 0 Å². The number of ether oxygens (including phenoxy) is 1. The molecule has 0 aliphatic carbocycles. The Balaban J connectivity index is 1.89. The van der Waals surface area contributed by atoms with Crippen molar-refractivity contribution >= 4 is 5.91 Å². The van der Waals surface area contributed by atoms with E-state index in [-0.39, 0.29) is 18.1 Å². The van der Waals surface area contributed by atoms with Crippen LogP contribution in [0.3, 0.4) is 0 Å². The molecule has 1 unspecified atom stereocenters. The van der Waals surface area contributed by atoms with Gasteiger partial charge in [-0.25, -0.2) is 4.98 Å². The molecule has 3 aromatic rings. The fourth-order valence-electron chi connectivity index (χ4n) is 3.10. The first kappa shape index (κ1) is 21.1. The molecule has 0 aliphatic heterocycles. The van der Waals surface area contributed by atoms with Crippen LogP contribution in [0.25, 0.3) is 0 Å². The van der Waals surface area contributed by atoms with E-state index in [0.717, 1.165) is 11.1 Å². The van der Waals surface area contributed by atoms with Gasteiger partial charge in [-0.2, -0.15) is 4.98 Å². The Hall–Kier alpha value is -3.65. The van der Waals surface area contributed by atoms with Gasteiger partial charge >= 0.3 is 0 Å². The van der Waals surface area contributed by atoms with Crippen LogP contribution >= 0.6 is 0 Å². The maximum Gasteiger partial charge on any atom is 0.274 e. The molecule has 1 aromatic heterocycles. The molecular weight excluding hydrogens is 384 g/mol. The third kappa shape index (κ3) is 4.66. The molecular formula is C22H24N4O4. The number of hydrogen-bond donors (Lipinski definition) is 3. The number of hydrogen-bond acceptors (Lipinski definition) is 7. The van der Waals surface area contributed by atoms with Gasteiger partial charge < -0.3 is 20.3 Å². The summed E-state index contributed by atoms with van der Waals surface area (Å²) in [5.74, 6) is -1.06. The summed E-state index contributed by atoms with van der Waals surface area (Å²) in [6.07, 6.45) is 0. The number of amides is 1. The van der Waals surface area contributed by atoms with Gasteiger partial charge in [0, 0.05) is 6.54 Å². The van der Waals surface area contributed by atoms with Crippen molar-refractivity contribution < 1.29 is 19.7 Å². The van der Waals surface area contributed by atoms with Crippen molar-refractivity contribution in [3.05, 3.63) is 77.2 Å². The second kappa shape index (κ2) is 9.23. The number of nitrogens with one attached hydrogen (secondary N) is 1. The Kier molecular flexibility index (Phi) is 6.48. The molecule has 0 radical (unpaired) electrons. The van der Waals surface area contributed by atoms with Gasteiger partial charge in [0.1, 0.15) is 5.75 Å². The quantitative estimate of drug-likeness (QED) is 0.551. The highest BCUT2D eigenvalue weighted by Crippen LogP contribution is 2.31. The van der Waals surface area contributed by atoms with Crippen molar-refractivity contribution in [3.8, 4) is 17.4 Å². The van der Waals surface area contributed by atoms with E-state index in [9.17, 15) is 15.0 Å². The van der Waals surface area contributed by atoms with E-state index < -0.39 is 23.6 Å². The summed E-state index contributed by atoms with van der Waals surface area (Å²) in [5.41, 5.74) is 1.41. The number of benzene rings is 2. The smallest absolute Gasteiger partial charge is 0.274 e. The van der Waals surface area contributed by atoms with Crippen molar-refractivity contribution in [2.75, 3.05) is 21.2 Å². The zero-order valence-electron chi connectivity index (χ0n) is 17.0. The summed E-state index contributed by atoms with van der Waals surface area (Å²) in [6, 6.07) is 16.3. The van der Waals surface area contributed by atoms with Gasteiger partial charge in [0.15, 0.2) is 11.5 Å². The van der Waals surface area contributed by atoms with Crippen molar-refractivity contribution in [2.45, 2.75) is 12.6 Å². The highest BCUT2D eigenvalue weighted by atomic mass is 16.5. The average Bonchev–Trinajstić information content (AvgIpc) is 2.75. The van der Waals surface area contributed by atoms with Crippen LogP contribution in [0.5, 0.6) is 17.4 Å². The molecule has 3 N–H and O–H groups in total. The molecule has 3 rings (SSSR count). The molecule has 0 saturated carbocycles. The average molecular weight is 408 g/mol. The van der Waals surface area contributed by atoms with Crippen molar-refractivity contribution in [3.63, 3.8) is 0 Å². The molecule has 2 aromatic carbocycles. The molecule has 1 heterocycles. The molecule has 0 fully saturated rings. The molecule has 0 bridgehead atoms. The van der Waals surface area contributed by atoms with E-state index in [1.54, 1.807) is 19.2 Å². The lowest BCUT2D eigenvalue weighted by atomic mass is 10.1. The summed E-state index contributed by atoms with van der Waals surface area (Å²) in [5, 5.41) is 23.0. The van der Waals surface area contributed by atoms with Crippen LogP contribution < -0.4 is 10.1 Å². The second-order valence-corrected chi connectivity index (χ2v) is 6.91. The molecule has 0 saturated heterocycles. The van der Waals surface area contributed by atoms with Crippen LogP contribution in [-0.4, -0.2) is 52.2 Å². The number of carbonyl (C=O) groups is 1. The van der Waals surface area contributed by atoms with Gasteiger partial charge in [-0.05, 0) is 37.4 Å². The van der Waals surface area contributed by atoms with Gasteiger partial charge in [-0.15, -0.1) is 0 Å². The summed E-state index contributed by atoms with van der Waals surface area (Å²) in [4.78, 5) is 22.9. The highest BCUT2D eigenvalue weighted by molar-refractivity contribution is 5.95. The lowest BCUT2D eigenvalue weighted by Gasteiger charge is -2.24. The molecule has 1 atom stereocenters. The Morgan fingerprint density at radius 3 is 2.50 bits per heavy atom. The van der Waals surface area contributed by atoms with Gasteiger partial charge in [0.25, 0.3) is 11.8 Å². The van der Waals surface area contributed by atoms with Crippen LogP contribution in [0, 0.1) is 0 Å². The number of methoxy groups -OCH3 is 1. The standard InChI is InChI=1S/C22H24N4O4/c1-26(2)18(15-9-5-4-6-10-15)20-24-17(19(27)22(29)25-20)21(28)23-13-14-8-7-11-16(12-14)30-3/h4-12,18,27H,13H2,1-3H3,(H,23,28)(H,24,25,29). The fourth-order valence-corrected chi connectivity index (χ4v) is 3.10. The zero-order valence-corrected chi connectivity index (χ0v) is 17.0. The minimum Gasteiger partial charge on any atom is -0.501 e. The Labute approximate surface area is 174 Å². The van der Waals surface area contributed by atoms with Crippen LogP contribution in [-0.2, 0) is 6.54 Å². The zero-order chi connectivity index (χ0) is 21.7. The van der Waals surface area contributed by atoms with E-state index in [2.05, 4.69) is 15.3 Å². The summed E-state index contributed by atoms with van der Waals surface area (Å²) in [7, 11) is 5.25. The predicted octanol–water partition coefficient (Wildman–Crippen LogP) is 2.48. The summed E-state index contributed by atoms with van der Waals surface area (Å²) in [6.45, 7) is 0.200. The minimum absolute atomic E-state index is 0.200. The van der Waals surface area contributed by atoms with E-state index in [4.69, 9.17) is 4.74 Å². The van der Waals surface area contributed by atoms with E-state index in [0.29, 0.717) is 5.75 Å². The van der Waals surface area contributed by atoms with Crippen molar-refractivity contribution in [1.29, 1.82) is 0 Å². The van der Waals surface area contributed by atoms with Gasteiger partial charge in [0.05, 0.1) is 13.2 Å². The van der Waals surface area contributed by atoms with E-state index >= 15 is 0 Å². The first-order valence-corrected chi connectivity index (χ1v) is 9.33. The lowest BCUT2D eigenvalue weighted by Crippen LogP contribution is -2.27. The van der Waals surface area contributed by atoms with Gasteiger partial charge in [-0.3, -0.25) is 9.69 Å². The van der Waals surface area contributed by atoms with Crippen molar-refractivity contribution in [1.82, 2.24) is 20.2 Å². The first-order chi connectivity index (χ1) is 14.4. The lowest BCUT2D eigenvalue weighted by molar-refractivity contribution is 0.0940. The van der Waals surface area contributed by atoms with Crippen LogP contribution in [0.1, 0.15) is 33.5 Å². The Morgan fingerprint density at radius 2 is 1.83 bits per heavy atom. The largest absolute Gasteiger partial charge is 0.501 e. The predicted molar refractivity (Wildman–Crippen MR) is 111 cm³/mol. The molecule has 156 valence electrons. The van der Waals surface area contributed by atoms with Crippen molar-refractivity contribution in [2.24, 2.45) is 0 Å². The SMILES string of the molecule is COc1cccc(CNC(=O)c2nc(C(c3ccccc3)N(C)C)nc(O)c2O)c1. The minimum atomic E-state index is -0.660. The van der Waals surface area contributed by atoms with E-state index in [1.165, 1.54) is 0 Å². The topological polar surface area (TPSA) is 108 Å². The van der Waals surface area contributed by atoms with Gasteiger partial charge in [-0.1, -0.05) is 42.5 Å². The maximum atomic E-state index is 12.7.